The van der Waals surface area contributed by atoms with Crippen LogP contribution in [0.3, 0.4) is 0 Å². The van der Waals surface area contributed by atoms with E-state index in [1.54, 1.807) is 0 Å². The SMILES string of the molecule is Cc1ccncc1C(C)NCCC1CC1. The Morgan fingerprint density at radius 1 is 1.53 bits per heavy atom. The molecule has 0 bridgehead atoms. The molecular formula is C13H20N2. The number of aromatic nitrogens is 1. The third-order valence-corrected chi connectivity index (χ3v) is 3.25. The fourth-order valence-corrected chi connectivity index (χ4v) is 1.95. The minimum Gasteiger partial charge on any atom is -0.310 e. The molecule has 15 heavy (non-hydrogen) atoms. The Kier molecular flexibility index (Phi) is 3.37. The van der Waals surface area contributed by atoms with Crippen LogP contribution in [0.1, 0.15) is 43.4 Å². The van der Waals surface area contributed by atoms with E-state index in [0.29, 0.717) is 6.04 Å². The average molecular weight is 204 g/mol. The van der Waals surface area contributed by atoms with Crippen molar-refractivity contribution in [3.8, 4) is 0 Å². The summed E-state index contributed by atoms with van der Waals surface area (Å²) in [4.78, 5) is 4.18. The van der Waals surface area contributed by atoms with Gasteiger partial charge in [-0.25, -0.2) is 0 Å². The van der Waals surface area contributed by atoms with Gasteiger partial charge in [-0.05, 0) is 49.9 Å². The molecule has 1 unspecified atom stereocenters. The van der Waals surface area contributed by atoms with Crippen LogP contribution in [0.2, 0.25) is 0 Å². The first kappa shape index (κ1) is 10.6. The summed E-state index contributed by atoms with van der Waals surface area (Å²) in [6.07, 6.45) is 8.06. The predicted octanol–water partition coefficient (Wildman–Crippen LogP) is 2.84. The predicted molar refractivity (Wildman–Crippen MR) is 62.7 cm³/mol. The van der Waals surface area contributed by atoms with Crippen molar-refractivity contribution >= 4 is 0 Å². The van der Waals surface area contributed by atoms with Crippen molar-refractivity contribution in [3.63, 3.8) is 0 Å². The standard InChI is InChI=1S/C13H20N2/c1-10-5-7-14-9-13(10)11(2)15-8-6-12-3-4-12/h5,7,9,11-12,15H,3-4,6,8H2,1-2H3. The normalized spacial score (nSPS) is 17.7. The van der Waals surface area contributed by atoms with Gasteiger partial charge in [0.15, 0.2) is 0 Å². The molecule has 0 aromatic carbocycles. The van der Waals surface area contributed by atoms with E-state index in [0.717, 1.165) is 12.5 Å². The van der Waals surface area contributed by atoms with Crippen LogP contribution < -0.4 is 5.32 Å². The summed E-state index contributed by atoms with van der Waals surface area (Å²) in [5.41, 5.74) is 2.66. The molecule has 1 fully saturated rings. The van der Waals surface area contributed by atoms with Crippen LogP contribution in [0.15, 0.2) is 18.5 Å². The lowest BCUT2D eigenvalue weighted by Crippen LogP contribution is -2.21. The third kappa shape index (κ3) is 3.03. The van der Waals surface area contributed by atoms with Crippen LogP contribution in [0.25, 0.3) is 0 Å². The van der Waals surface area contributed by atoms with E-state index in [4.69, 9.17) is 0 Å². The Morgan fingerprint density at radius 2 is 2.33 bits per heavy atom. The maximum absolute atomic E-state index is 4.18. The van der Waals surface area contributed by atoms with Crippen LogP contribution in [0.5, 0.6) is 0 Å². The molecule has 0 spiro atoms. The van der Waals surface area contributed by atoms with Crippen molar-refractivity contribution in [2.24, 2.45) is 5.92 Å². The van der Waals surface area contributed by atoms with Crippen LogP contribution in [-0.4, -0.2) is 11.5 Å². The second kappa shape index (κ2) is 4.75. The highest BCUT2D eigenvalue weighted by molar-refractivity contribution is 5.24. The molecule has 1 atom stereocenters. The number of pyridine rings is 1. The summed E-state index contributed by atoms with van der Waals surface area (Å²) in [6.45, 7) is 5.51. The molecule has 1 N–H and O–H groups in total. The molecule has 1 heterocycles. The van der Waals surface area contributed by atoms with E-state index in [-0.39, 0.29) is 0 Å². The highest BCUT2D eigenvalue weighted by atomic mass is 14.9. The number of nitrogens with zero attached hydrogens (tertiary/aromatic N) is 1. The summed E-state index contributed by atoms with van der Waals surface area (Å²) in [5, 5.41) is 3.57. The molecule has 0 amide bonds. The monoisotopic (exact) mass is 204 g/mol. The van der Waals surface area contributed by atoms with Crippen LogP contribution >= 0.6 is 0 Å². The van der Waals surface area contributed by atoms with E-state index in [1.165, 1.54) is 30.4 Å². The number of nitrogens with one attached hydrogen (secondary N) is 1. The molecule has 1 aromatic rings. The number of aryl methyl sites for hydroxylation is 1. The van der Waals surface area contributed by atoms with Crippen molar-refractivity contribution in [2.75, 3.05) is 6.54 Å². The zero-order valence-corrected chi connectivity index (χ0v) is 9.66. The lowest BCUT2D eigenvalue weighted by atomic mass is 10.1. The molecule has 2 nitrogen and oxygen atoms in total. The van der Waals surface area contributed by atoms with Crippen molar-refractivity contribution < 1.29 is 0 Å². The summed E-state index contributed by atoms with van der Waals surface area (Å²) >= 11 is 0. The maximum atomic E-state index is 4.18. The van der Waals surface area contributed by atoms with Crippen molar-refractivity contribution in [2.45, 2.75) is 39.2 Å². The zero-order chi connectivity index (χ0) is 10.7. The minimum absolute atomic E-state index is 0.428. The van der Waals surface area contributed by atoms with Gasteiger partial charge in [-0.2, -0.15) is 0 Å². The van der Waals surface area contributed by atoms with Crippen LogP contribution in [0.4, 0.5) is 0 Å². The van der Waals surface area contributed by atoms with Gasteiger partial charge in [0.05, 0.1) is 0 Å². The number of hydrogen-bond acceptors (Lipinski definition) is 2. The largest absolute Gasteiger partial charge is 0.310 e. The molecule has 82 valence electrons. The van der Waals surface area contributed by atoms with Gasteiger partial charge in [-0.3, -0.25) is 4.98 Å². The van der Waals surface area contributed by atoms with Gasteiger partial charge in [0.2, 0.25) is 0 Å². The van der Waals surface area contributed by atoms with Gasteiger partial charge in [0, 0.05) is 18.4 Å². The van der Waals surface area contributed by atoms with Gasteiger partial charge in [0.25, 0.3) is 0 Å². The zero-order valence-electron chi connectivity index (χ0n) is 9.66. The molecule has 1 aromatic heterocycles. The molecule has 1 aliphatic rings. The Hall–Kier alpha value is -0.890. The molecule has 2 rings (SSSR count). The van der Waals surface area contributed by atoms with Crippen LogP contribution in [-0.2, 0) is 0 Å². The Morgan fingerprint density at radius 3 is 3.00 bits per heavy atom. The first-order chi connectivity index (χ1) is 7.27. The summed E-state index contributed by atoms with van der Waals surface area (Å²) in [6, 6.07) is 2.51. The van der Waals surface area contributed by atoms with Gasteiger partial charge >= 0.3 is 0 Å². The molecule has 0 aliphatic heterocycles. The van der Waals surface area contributed by atoms with E-state index < -0.39 is 0 Å². The average Bonchev–Trinajstić information content (AvgIpc) is 3.02. The summed E-state index contributed by atoms with van der Waals surface area (Å²) < 4.78 is 0. The van der Waals surface area contributed by atoms with Crippen molar-refractivity contribution in [1.82, 2.24) is 10.3 Å². The lowest BCUT2D eigenvalue weighted by Gasteiger charge is -2.15. The topological polar surface area (TPSA) is 24.9 Å². The Labute approximate surface area is 92.1 Å². The first-order valence-electron chi connectivity index (χ1n) is 5.91. The smallest absolute Gasteiger partial charge is 0.0318 e. The molecular weight excluding hydrogens is 184 g/mol. The molecule has 0 saturated heterocycles. The van der Waals surface area contributed by atoms with E-state index in [9.17, 15) is 0 Å². The second-order valence-electron chi connectivity index (χ2n) is 4.64. The highest BCUT2D eigenvalue weighted by Gasteiger charge is 2.20. The summed E-state index contributed by atoms with van der Waals surface area (Å²) in [5.74, 6) is 1.01. The molecule has 0 radical (unpaired) electrons. The lowest BCUT2D eigenvalue weighted by molar-refractivity contribution is 0.537. The van der Waals surface area contributed by atoms with Gasteiger partial charge < -0.3 is 5.32 Å². The number of hydrogen-bond donors (Lipinski definition) is 1. The molecule has 1 saturated carbocycles. The fourth-order valence-electron chi connectivity index (χ4n) is 1.95. The highest BCUT2D eigenvalue weighted by Crippen LogP contribution is 2.32. The van der Waals surface area contributed by atoms with E-state index >= 15 is 0 Å². The minimum atomic E-state index is 0.428. The molecule has 1 aliphatic carbocycles. The van der Waals surface area contributed by atoms with E-state index in [1.807, 2.05) is 12.4 Å². The quantitative estimate of drug-likeness (QED) is 0.797. The second-order valence-corrected chi connectivity index (χ2v) is 4.64. The fraction of sp³-hybridized carbons (Fsp3) is 0.615. The first-order valence-corrected chi connectivity index (χ1v) is 5.91. The Balaban J connectivity index is 1.83. The third-order valence-electron chi connectivity index (χ3n) is 3.25. The Bertz CT molecular complexity index is 318. The molecule has 2 heteroatoms. The van der Waals surface area contributed by atoms with Gasteiger partial charge in [-0.15, -0.1) is 0 Å². The van der Waals surface area contributed by atoms with Crippen molar-refractivity contribution in [3.05, 3.63) is 29.6 Å². The maximum Gasteiger partial charge on any atom is 0.0318 e. The van der Waals surface area contributed by atoms with Crippen molar-refractivity contribution in [1.29, 1.82) is 0 Å². The van der Waals surface area contributed by atoms with E-state index in [2.05, 4.69) is 30.2 Å². The summed E-state index contributed by atoms with van der Waals surface area (Å²) in [7, 11) is 0. The number of rotatable bonds is 5. The van der Waals surface area contributed by atoms with Gasteiger partial charge in [0.1, 0.15) is 0 Å². The van der Waals surface area contributed by atoms with Gasteiger partial charge in [-0.1, -0.05) is 12.8 Å². The van der Waals surface area contributed by atoms with Crippen LogP contribution in [0, 0.1) is 12.8 Å².